The first-order chi connectivity index (χ1) is 19.4. The van der Waals surface area contributed by atoms with Crippen LogP contribution >= 0.6 is 0 Å². The lowest BCUT2D eigenvalue weighted by Crippen LogP contribution is -3.11. The van der Waals surface area contributed by atoms with Gasteiger partial charge in [0.2, 0.25) is 11.5 Å². The molecule has 2 heterocycles. The summed E-state index contributed by atoms with van der Waals surface area (Å²) in [5.74, 6) is 2.52. The van der Waals surface area contributed by atoms with E-state index in [0.717, 1.165) is 46.3 Å². The van der Waals surface area contributed by atoms with Gasteiger partial charge in [-0.25, -0.2) is 0 Å². The van der Waals surface area contributed by atoms with Crippen molar-refractivity contribution in [1.29, 1.82) is 0 Å². The lowest BCUT2D eigenvalue weighted by molar-refractivity contribution is -0.894. The van der Waals surface area contributed by atoms with Crippen LogP contribution in [0, 0.1) is 0 Å². The summed E-state index contributed by atoms with van der Waals surface area (Å²) in [6.07, 6.45) is 5.07. The van der Waals surface area contributed by atoms with Gasteiger partial charge in [0, 0.05) is 19.2 Å². The number of ether oxygens (including phenoxy) is 1. The first-order valence-corrected chi connectivity index (χ1v) is 14.5. The molecule has 0 bridgehead atoms. The second kappa shape index (κ2) is 12.0. The zero-order chi connectivity index (χ0) is 28.2. The van der Waals surface area contributed by atoms with Gasteiger partial charge in [-0.15, -0.1) is 0 Å². The molecule has 206 valence electrons. The third-order valence-corrected chi connectivity index (χ3v) is 7.99. The van der Waals surface area contributed by atoms with E-state index >= 15 is 0 Å². The lowest BCUT2D eigenvalue weighted by atomic mass is 10.1. The number of benzene rings is 4. The van der Waals surface area contributed by atoms with Crippen LogP contribution in [-0.2, 0) is 7.05 Å². The largest absolute Gasteiger partial charge is 0.439 e. The normalized spacial score (nSPS) is 14.2. The average molecular weight is 536 g/mol. The third kappa shape index (κ3) is 5.47. The fourth-order valence-corrected chi connectivity index (χ4v) is 5.27. The molecule has 0 saturated carbocycles. The van der Waals surface area contributed by atoms with E-state index in [4.69, 9.17) is 9.15 Å². The Morgan fingerprint density at radius 2 is 1.40 bits per heavy atom. The van der Waals surface area contributed by atoms with E-state index in [1.165, 1.54) is 41.2 Å². The van der Waals surface area contributed by atoms with Crippen LogP contribution in [0.5, 0.6) is 5.75 Å². The van der Waals surface area contributed by atoms with Crippen LogP contribution in [0.4, 0.5) is 5.69 Å². The quantitative estimate of drug-likeness (QED) is 0.247. The molecular formula is C35H41N3O2+2. The van der Waals surface area contributed by atoms with Crippen LogP contribution in [0.1, 0.15) is 40.0 Å². The van der Waals surface area contributed by atoms with E-state index in [-0.39, 0.29) is 0 Å². The van der Waals surface area contributed by atoms with Crippen LogP contribution in [0.15, 0.2) is 94.7 Å². The lowest BCUT2D eigenvalue weighted by Gasteiger charge is -2.11. The molecule has 4 aromatic carbocycles. The minimum Gasteiger partial charge on any atom is -0.439 e. The van der Waals surface area contributed by atoms with Gasteiger partial charge < -0.3 is 19.0 Å². The van der Waals surface area contributed by atoms with E-state index in [1.54, 1.807) is 4.90 Å². The molecule has 1 N–H and O–H groups in total. The first-order valence-electron chi connectivity index (χ1n) is 14.5. The highest BCUT2D eigenvalue weighted by Gasteiger charge is 2.24. The second-order valence-corrected chi connectivity index (χ2v) is 10.4. The van der Waals surface area contributed by atoms with Crippen molar-refractivity contribution in [3.05, 3.63) is 96.2 Å². The topological polar surface area (TPSA) is 33.9 Å². The number of quaternary nitrogens is 1. The number of hydrogen-bond donors (Lipinski definition) is 1. The molecule has 1 aromatic heterocycles. The highest BCUT2D eigenvalue weighted by atomic mass is 16.5. The van der Waals surface area contributed by atoms with Crippen LogP contribution in [-0.4, -0.2) is 26.7 Å². The smallest absolute Gasteiger partial charge is 0.374 e. The Balaban J connectivity index is 0.000000411. The molecule has 0 aliphatic carbocycles. The van der Waals surface area contributed by atoms with Crippen molar-refractivity contribution >= 4 is 44.4 Å². The van der Waals surface area contributed by atoms with Crippen molar-refractivity contribution in [1.82, 2.24) is 0 Å². The highest BCUT2D eigenvalue weighted by Crippen LogP contribution is 2.41. The van der Waals surface area contributed by atoms with Gasteiger partial charge in [-0.2, -0.15) is 4.57 Å². The van der Waals surface area contributed by atoms with Gasteiger partial charge >= 0.3 is 5.89 Å². The third-order valence-electron chi connectivity index (χ3n) is 7.99. The second-order valence-electron chi connectivity index (χ2n) is 10.4. The predicted molar refractivity (Wildman–Crippen MR) is 167 cm³/mol. The van der Waals surface area contributed by atoms with E-state index in [9.17, 15) is 0 Å². The molecule has 0 radical (unpaired) electrons. The molecule has 0 unspecified atom stereocenters. The van der Waals surface area contributed by atoms with E-state index in [2.05, 4.69) is 122 Å². The number of nitrogens with one attached hydrogen (secondary N) is 1. The first kappa shape index (κ1) is 27.5. The fourth-order valence-electron chi connectivity index (χ4n) is 5.27. The maximum Gasteiger partial charge on any atom is 0.374 e. The Kier molecular flexibility index (Phi) is 8.22. The summed E-state index contributed by atoms with van der Waals surface area (Å²) in [5.41, 5.74) is 4.18. The minimum absolute atomic E-state index is 0.818. The molecule has 1 aliphatic heterocycles. The van der Waals surface area contributed by atoms with Gasteiger partial charge in [-0.3, -0.25) is 0 Å². The summed E-state index contributed by atoms with van der Waals surface area (Å²) in [6, 6.07) is 25.3. The molecule has 0 saturated heterocycles. The summed E-state index contributed by atoms with van der Waals surface area (Å²) in [7, 11) is 4.10. The van der Waals surface area contributed by atoms with Crippen LogP contribution in [0.3, 0.4) is 0 Å². The number of rotatable bonds is 6. The molecule has 5 heteroatoms. The number of nitrogens with zero attached hydrogens (tertiary/aromatic N) is 2. The zero-order valence-corrected chi connectivity index (χ0v) is 24.6. The van der Waals surface area contributed by atoms with Gasteiger partial charge in [-0.1, -0.05) is 55.5 Å². The maximum absolute atomic E-state index is 6.25. The molecule has 5 aromatic rings. The molecule has 6 rings (SSSR count). The van der Waals surface area contributed by atoms with Crippen molar-refractivity contribution in [2.24, 2.45) is 7.05 Å². The summed E-state index contributed by atoms with van der Waals surface area (Å²) in [6.45, 7) is 12.6. The Labute approximate surface area is 237 Å². The van der Waals surface area contributed by atoms with Crippen molar-refractivity contribution in [3.8, 4) is 5.75 Å². The molecule has 0 fully saturated rings. The molecular weight excluding hydrogens is 494 g/mol. The monoisotopic (exact) mass is 535 g/mol. The predicted octanol–water partition coefficient (Wildman–Crippen LogP) is 6.66. The number of aryl methyl sites for hydroxylation is 1. The summed E-state index contributed by atoms with van der Waals surface area (Å²) in [5, 5.41) is 4.78. The molecule has 0 amide bonds. The van der Waals surface area contributed by atoms with Gasteiger partial charge in [0.25, 0.3) is 5.52 Å². The Morgan fingerprint density at radius 3 is 1.98 bits per heavy atom. The molecule has 1 aliphatic rings. The Morgan fingerprint density at radius 1 is 0.825 bits per heavy atom. The maximum atomic E-state index is 6.25. The molecule has 5 nitrogen and oxygen atoms in total. The van der Waals surface area contributed by atoms with E-state index in [0.29, 0.717) is 0 Å². The van der Waals surface area contributed by atoms with Crippen LogP contribution in [0.2, 0.25) is 0 Å². The number of allylic oxidation sites excluding steroid dienone is 2. The Bertz CT molecular complexity index is 1700. The number of anilines is 1. The summed E-state index contributed by atoms with van der Waals surface area (Å²) in [4.78, 5) is 3.79. The molecule has 0 spiro atoms. The summed E-state index contributed by atoms with van der Waals surface area (Å²) >= 11 is 0. The fraction of sp³-hybridized carbons (Fsp3) is 0.286. The average Bonchev–Trinajstić information content (AvgIpc) is 3.45. The zero-order valence-electron chi connectivity index (χ0n) is 24.6. The van der Waals surface area contributed by atoms with Gasteiger partial charge in [0.15, 0.2) is 5.75 Å². The highest BCUT2D eigenvalue weighted by molar-refractivity contribution is 5.93. The summed E-state index contributed by atoms with van der Waals surface area (Å²) < 4.78 is 14.6. The SMILES string of the molecule is CCC(=Cc1oc2cc3ccccc3cc2[n+]1C)C=C1Oc2cc3ccccc3cc2N1C.CC[NH+](CC)CC. The number of fused-ring (bicyclic) bond motifs is 4. The van der Waals surface area contributed by atoms with Gasteiger partial charge in [0.1, 0.15) is 7.05 Å². The van der Waals surface area contributed by atoms with Crippen molar-refractivity contribution in [2.45, 2.75) is 34.1 Å². The Hall–Kier alpha value is -4.09. The van der Waals surface area contributed by atoms with Crippen LogP contribution < -0.4 is 19.1 Å². The standard InChI is InChI=1S/C29H25N2O2.C6H15N/c1-4-19(13-28-30(2)24-15-20-9-5-7-11-22(20)17-26(24)32-28)14-29-31(3)25-16-21-10-6-8-12-23(21)18-27(25)33-29;1-4-7(5-2)6-3/h5-18H,4H2,1-3H3;4-6H2,1-3H3/q+1;/p+1. The van der Waals surface area contributed by atoms with Crippen LogP contribution in [0.25, 0.3) is 38.7 Å². The number of hydrogen-bond acceptors (Lipinski definition) is 3. The van der Waals surface area contributed by atoms with E-state index < -0.39 is 0 Å². The minimum atomic E-state index is 0.818. The van der Waals surface area contributed by atoms with Crippen molar-refractivity contribution in [3.63, 3.8) is 0 Å². The number of aromatic nitrogens is 1. The van der Waals surface area contributed by atoms with Crippen molar-refractivity contribution in [2.75, 3.05) is 31.6 Å². The number of oxazole rings is 1. The van der Waals surface area contributed by atoms with Gasteiger partial charge in [0.05, 0.1) is 31.4 Å². The van der Waals surface area contributed by atoms with E-state index in [1.807, 2.05) is 14.1 Å². The van der Waals surface area contributed by atoms with Crippen molar-refractivity contribution < 1.29 is 18.6 Å². The molecule has 40 heavy (non-hydrogen) atoms. The molecule has 0 atom stereocenters. The van der Waals surface area contributed by atoms with Gasteiger partial charge in [-0.05, 0) is 72.5 Å².